The number of benzene rings is 1. The van der Waals surface area contributed by atoms with Gasteiger partial charge in [0.1, 0.15) is 0 Å². The van der Waals surface area contributed by atoms with E-state index in [4.69, 9.17) is 5.73 Å². The maximum absolute atomic E-state index is 12.8. The zero-order valence-electron chi connectivity index (χ0n) is 13.8. The van der Waals surface area contributed by atoms with Crippen molar-refractivity contribution in [2.45, 2.75) is 26.7 Å². The number of nitrogen functional groups attached to an aromatic ring is 1. The second-order valence-electron chi connectivity index (χ2n) is 6.86. The summed E-state index contributed by atoms with van der Waals surface area (Å²) >= 11 is 0. The van der Waals surface area contributed by atoms with Crippen molar-refractivity contribution in [2.24, 2.45) is 5.41 Å². The Bertz CT molecular complexity index is 727. The van der Waals surface area contributed by atoms with Gasteiger partial charge in [-0.15, -0.1) is 0 Å². The Morgan fingerprint density at radius 3 is 2.65 bits per heavy atom. The summed E-state index contributed by atoms with van der Waals surface area (Å²) in [7, 11) is 0. The topological polar surface area (TPSA) is 72.1 Å². The van der Waals surface area contributed by atoms with Gasteiger partial charge in [0, 0.05) is 25.2 Å². The van der Waals surface area contributed by atoms with E-state index in [0.717, 1.165) is 6.54 Å². The SMILES string of the molecule is Cc1nc(N)ncc1C(=O)N1CC(c2ccccc2)C(C)(C)C1. The van der Waals surface area contributed by atoms with Crippen molar-refractivity contribution >= 4 is 11.9 Å². The van der Waals surface area contributed by atoms with Crippen LogP contribution in [0.25, 0.3) is 0 Å². The highest BCUT2D eigenvalue weighted by atomic mass is 16.2. The number of carbonyl (C=O) groups excluding carboxylic acids is 1. The number of likely N-dealkylation sites (tertiary alicyclic amines) is 1. The van der Waals surface area contributed by atoms with E-state index >= 15 is 0 Å². The summed E-state index contributed by atoms with van der Waals surface area (Å²) in [5.74, 6) is 0.500. The van der Waals surface area contributed by atoms with Crippen molar-refractivity contribution in [1.29, 1.82) is 0 Å². The van der Waals surface area contributed by atoms with E-state index in [9.17, 15) is 4.79 Å². The Balaban J connectivity index is 1.86. The van der Waals surface area contributed by atoms with E-state index in [1.807, 2.05) is 23.1 Å². The van der Waals surface area contributed by atoms with Gasteiger partial charge in [-0.3, -0.25) is 4.79 Å². The van der Waals surface area contributed by atoms with Crippen LogP contribution in [0, 0.1) is 12.3 Å². The highest BCUT2D eigenvalue weighted by Gasteiger charge is 2.42. The molecule has 2 N–H and O–H groups in total. The van der Waals surface area contributed by atoms with E-state index in [1.165, 1.54) is 11.8 Å². The monoisotopic (exact) mass is 310 g/mol. The van der Waals surface area contributed by atoms with Gasteiger partial charge >= 0.3 is 0 Å². The summed E-state index contributed by atoms with van der Waals surface area (Å²) in [5, 5.41) is 0. The molecule has 1 unspecified atom stereocenters. The van der Waals surface area contributed by atoms with Crippen molar-refractivity contribution in [2.75, 3.05) is 18.8 Å². The van der Waals surface area contributed by atoms with E-state index in [2.05, 4.69) is 35.9 Å². The zero-order valence-corrected chi connectivity index (χ0v) is 13.8. The predicted octanol–water partition coefficient (Wildman–Crippen LogP) is 2.63. The molecule has 1 saturated heterocycles. The fraction of sp³-hybridized carbons (Fsp3) is 0.389. The van der Waals surface area contributed by atoms with Gasteiger partial charge in [-0.25, -0.2) is 9.97 Å². The van der Waals surface area contributed by atoms with Gasteiger partial charge in [-0.05, 0) is 17.9 Å². The predicted molar refractivity (Wildman–Crippen MR) is 90.0 cm³/mol. The summed E-state index contributed by atoms with van der Waals surface area (Å²) < 4.78 is 0. The molecule has 1 aromatic heterocycles. The first-order valence-electron chi connectivity index (χ1n) is 7.82. The lowest BCUT2D eigenvalue weighted by Crippen LogP contribution is -2.31. The van der Waals surface area contributed by atoms with Crippen LogP contribution >= 0.6 is 0 Å². The Hall–Kier alpha value is -2.43. The van der Waals surface area contributed by atoms with Crippen molar-refractivity contribution in [1.82, 2.24) is 14.9 Å². The first-order chi connectivity index (χ1) is 10.9. The van der Waals surface area contributed by atoms with Crippen LogP contribution in [0.4, 0.5) is 5.95 Å². The van der Waals surface area contributed by atoms with E-state index in [1.54, 1.807) is 6.92 Å². The molecule has 2 aromatic rings. The Morgan fingerprint density at radius 2 is 2.00 bits per heavy atom. The van der Waals surface area contributed by atoms with E-state index in [-0.39, 0.29) is 17.3 Å². The fourth-order valence-corrected chi connectivity index (χ4v) is 3.40. The van der Waals surface area contributed by atoms with Crippen LogP contribution in [0.15, 0.2) is 36.5 Å². The molecule has 5 nitrogen and oxygen atoms in total. The summed E-state index contributed by atoms with van der Waals surface area (Å²) in [6.45, 7) is 7.64. The molecule has 0 bridgehead atoms. The van der Waals surface area contributed by atoms with Crippen LogP contribution in [0.2, 0.25) is 0 Å². The molecule has 1 atom stereocenters. The zero-order chi connectivity index (χ0) is 16.6. The third kappa shape index (κ3) is 2.91. The molecule has 1 aliphatic heterocycles. The van der Waals surface area contributed by atoms with Crippen molar-refractivity contribution in [3.05, 3.63) is 53.3 Å². The molecule has 1 fully saturated rings. The van der Waals surface area contributed by atoms with Crippen LogP contribution in [-0.4, -0.2) is 33.9 Å². The molecule has 1 aromatic carbocycles. The number of rotatable bonds is 2. The molecule has 3 rings (SSSR count). The first-order valence-corrected chi connectivity index (χ1v) is 7.82. The van der Waals surface area contributed by atoms with Crippen molar-refractivity contribution < 1.29 is 4.79 Å². The van der Waals surface area contributed by atoms with Crippen LogP contribution in [0.5, 0.6) is 0 Å². The number of amides is 1. The van der Waals surface area contributed by atoms with Crippen LogP contribution in [-0.2, 0) is 0 Å². The maximum Gasteiger partial charge on any atom is 0.257 e. The van der Waals surface area contributed by atoms with Crippen molar-refractivity contribution in [3.8, 4) is 0 Å². The molecule has 1 aliphatic rings. The quantitative estimate of drug-likeness (QED) is 0.925. The fourth-order valence-electron chi connectivity index (χ4n) is 3.40. The summed E-state index contributed by atoms with van der Waals surface area (Å²) in [6.07, 6.45) is 1.53. The van der Waals surface area contributed by atoms with Gasteiger partial charge in [0.05, 0.1) is 11.3 Å². The molecule has 0 spiro atoms. The molecule has 0 saturated carbocycles. The van der Waals surface area contributed by atoms with E-state index < -0.39 is 0 Å². The van der Waals surface area contributed by atoms with Gasteiger partial charge in [-0.1, -0.05) is 44.2 Å². The Morgan fingerprint density at radius 1 is 1.30 bits per heavy atom. The van der Waals surface area contributed by atoms with Crippen LogP contribution in [0.3, 0.4) is 0 Å². The number of nitrogens with two attached hydrogens (primary N) is 1. The summed E-state index contributed by atoms with van der Waals surface area (Å²) in [6, 6.07) is 10.4. The summed E-state index contributed by atoms with van der Waals surface area (Å²) in [5.41, 5.74) is 8.04. The van der Waals surface area contributed by atoms with Gasteiger partial charge in [0.15, 0.2) is 0 Å². The number of aromatic nitrogens is 2. The average molecular weight is 310 g/mol. The molecule has 0 aliphatic carbocycles. The third-order valence-corrected chi connectivity index (χ3v) is 4.66. The number of anilines is 1. The number of hydrogen-bond acceptors (Lipinski definition) is 4. The largest absolute Gasteiger partial charge is 0.368 e. The molecule has 23 heavy (non-hydrogen) atoms. The minimum Gasteiger partial charge on any atom is -0.368 e. The molecule has 120 valence electrons. The lowest BCUT2D eigenvalue weighted by atomic mass is 9.78. The number of aryl methyl sites for hydroxylation is 1. The molecule has 0 radical (unpaired) electrons. The van der Waals surface area contributed by atoms with Gasteiger partial charge in [0.2, 0.25) is 5.95 Å². The number of nitrogens with zero attached hydrogens (tertiary/aromatic N) is 3. The lowest BCUT2D eigenvalue weighted by molar-refractivity contribution is 0.0776. The molecule has 5 heteroatoms. The molecule has 2 heterocycles. The first kappa shape index (κ1) is 15.5. The highest BCUT2D eigenvalue weighted by Crippen LogP contribution is 2.42. The molecule has 1 amide bonds. The standard InChI is InChI=1S/C18H22N4O/c1-12-14(9-20-17(19)21-12)16(23)22-10-15(18(2,3)11-22)13-7-5-4-6-8-13/h4-9,15H,10-11H2,1-3H3,(H2,19,20,21). The number of hydrogen-bond donors (Lipinski definition) is 1. The number of carbonyl (C=O) groups is 1. The third-order valence-electron chi connectivity index (χ3n) is 4.66. The normalized spacial score (nSPS) is 19.8. The van der Waals surface area contributed by atoms with Gasteiger partial charge < -0.3 is 10.6 Å². The summed E-state index contributed by atoms with van der Waals surface area (Å²) in [4.78, 5) is 22.8. The highest BCUT2D eigenvalue weighted by molar-refractivity contribution is 5.95. The van der Waals surface area contributed by atoms with Crippen molar-refractivity contribution in [3.63, 3.8) is 0 Å². The smallest absolute Gasteiger partial charge is 0.257 e. The minimum atomic E-state index is -0.0194. The van der Waals surface area contributed by atoms with E-state index in [0.29, 0.717) is 23.7 Å². The van der Waals surface area contributed by atoms with Crippen LogP contribution in [0.1, 0.15) is 41.4 Å². The Labute approximate surface area is 136 Å². The lowest BCUT2D eigenvalue weighted by Gasteiger charge is -2.25. The molecular formula is C18H22N4O. The average Bonchev–Trinajstić information content (AvgIpc) is 2.83. The second kappa shape index (κ2) is 5.65. The van der Waals surface area contributed by atoms with Crippen LogP contribution < -0.4 is 5.73 Å². The molecular weight excluding hydrogens is 288 g/mol. The van der Waals surface area contributed by atoms with Gasteiger partial charge in [-0.2, -0.15) is 0 Å². The minimum absolute atomic E-state index is 0.0194. The Kier molecular flexibility index (Phi) is 3.80. The second-order valence-corrected chi connectivity index (χ2v) is 6.86. The van der Waals surface area contributed by atoms with Gasteiger partial charge in [0.25, 0.3) is 5.91 Å². The maximum atomic E-state index is 12.8.